The first-order chi connectivity index (χ1) is 13.3. The van der Waals surface area contributed by atoms with E-state index < -0.39 is 0 Å². The molecule has 2 aliphatic rings. The van der Waals surface area contributed by atoms with Gasteiger partial charge in [0.25, 0.3) is 0 Å². The van der Waals surface area contributed by atoms with Crippen molar-refractivity contribution in [1.29, 1.82) is 0 Å². The van der Waals surface area contributed by atoms with Crippen molar-refractivity contribution in [3.8, 4) is 17.0 Å². The van der Waals surface area contributed by atoms with E-state index in [0.29, 0.717) is 5.92 Å². The lowest BCUT2D eigenvalue weighted by molar-refractivity contribution is 0.242. The van der Waals surface area contributed by atoms with Crippen LogP contribution in [0.15, 0.2) is 35.8 Å². The second-order valence-corrected chi connectivity index (χ2v) is 8.23. The summed E-state index contributed by atoms with van der Waals surface area (Å²) < 4.78 is 5.23. The van der Waals surface area contributed by atoms with Crippen LogP contribution in [0.3, 0.4) is 0 Å². The van der Waals surface area contributed by atoms with Crippen LogP contribution in [-0.2, 0) is 19.5 Å². The molecule has 0 bridgehead atoms. The Kier molecular flexibility index (Phi) is 4.38. The van der Waals surface area contributed by atoms with Crippen molar-refractivity contribution in [1.82, 2.24) is 19.9 Å². The van der Waals surface area contributed by atoms with E-state index >= 15 is 0 Å². The molecule has 6 heteroatoms. The molecule has 27 heavy (non-hydrogen) atoms. The minimum Gasteiger partial charge on any atom is -0.497 e. The molecule has 3 heterocycles. The molecule has 0 amide bonds. The smallest absolute Gasteiger partial charge is 0.131 e. The molecule has 1 fully saturated rings. The van der Waals surface area contributed by atoms with Gasteiger partial charge >= 0.3 is 0 Å². The van der Waals surface area contributed by atoms with Crippen molar-refractivity contribution in [2.45, 2.75) is 38.3 Å². The van der Waals surface area contributed by atoms with Gasteiger partial charge in [0.05, 0.1) is 19.3 Å². The van der Waals surface area contributed by atoms with E-state index in [0.717, 1.165) is 53.9 Å². The van der Waals surface area contributed by atoms with Gasteiger partial charge in [-0.1, -0.05) is 0 Å². The molecule has 1 aromatic carbocycles. The van der Waals surface area contributed by atoms with Crippen LogP contribution in [0.4, 0.5) is 0 Å². The molecule has 5 nitrogen and oxygen atoms in total. The van der Waals surface area contributed by atoms with E-state index in [4.69, 9.17) is 14.7 Å². The SMILES string of the molecule is COc1ccc(-c2csc(CN3CCc4nc(C5CC5)ncc4C3)n2)cc1. The number of nitrogens with zero attached hydrogens (tertiary/aromatic N) is 4. The third kappa shape index (κ3) is 3.59. The van der Waals surface area contributed by atoms with Gasteiger partial charge in [-0.05, 0) is 37.1 Å². The fourth-order valence-electron chi connectivity index (χ4n) is 3.53. The van der Waals surface area contributed by atoms with Crippen molar-refractivity contribution in [3.63, 3.8) is 0 Å². The first-order valence-corrected chi connectivity index (χ1v) is 10.3. The minimum absolute atomic E-state index is 0.625. The van der Waals surface area contributed by atoms with Crippen molar-refractivity contribution >= 4 is 11.3 Å². The fraction of sp³-hybridized carbons (Fsp3) is 0.381. The lowest BCUT2D eigenvalue weighted by atomic mass is 10.1. The van der Waals surface area contributed by atoms with Gasteiger partial charge in [-0.3, -0.25) is 4.90 Å². The molecule has 0 unspecified atom stereocenters. The summed E-state index contributed by atoms with van der Waals surface area (Å²) in [5.41, 5.74) is 4.69. The van der Waals surface area contributed by atoms with Crippen LogP contribution in [0, 0.1) is 0 Å². The number of fused-ring (bicyclic) bond motifs is 1. The predicted molar refractivity (Wildman–Crippen MR) is 106 cm³/mol. The third-order valence-electron chi connectivity index (χ3n) is 5.27. The molecular formula is C21H22N4OS. The van der Waals surface area contributed by atoms with Crippen molar-refractivity contribution in [3.05, 3.63) is 57.9 Å². The van der Waals surface area contributed by atoms with E-state index in [2.05, 4.69) is 27.4 Å². The highest BCUT2D eigenvalue weighted by atomic mass is 32.1. The van der Waals surface area contributed by atoms with Gasteiger partial charge in [-0.25, -0.2) is 15.0 Å². The van der Waals surface area contributed by atoms with E-state index in [1.165, 1.54) is 24.1 Å². The molecule has 1 aliphatic heterocycles. The van der Waals surface area contributed by atoms with E-state index in [-0.39, 0.29) is 0 Å². The Hall–Kier alpha value is -2.31. The van der Waals surface area contributed by atoms with Gasteiger partial charge in [0.2, 0.25) is 0 Å². The van der Waals surface area contributed by atoms with Gasteiger partial charge in [-0.2, -0.15) is 0 Å². The summed E-state index contributed by atoms with van der Waals surface area (Å²) in [6.45, 7) is 2.83. The quantitative estimate of drug-likeness (QED) is 0.670. The van der Waals surface area contributed by atoms with Crippen LogP contribution < -0.4 is 4.74 Å². The Morgan fingerprint density at radius 1 is 1.19 bits per heavy atom. The molecule has 2 aromatic heterocycles. The lowest BCUT2D eigenvalue weighted by Gasteiger charge is -2.27. The lowest BCUT2D eigenvalue weighted by Crippen LogP contribution is -2.31. The number of benzene rings is 1. The van der Waals surface area contributed by atoms with Crippen LogP contribution in [-0.4, -0.2) is 33.5 Å². The second-order valence-electron chi connectivity index (χ2n) is 7.29. The number of rotatable bonds is 5. The maximum Gasteiger partial charge on any atom is 0.131 e. The van der Waals surface area contributed by atoms with E-state index in [1.54, 1.807) is 18.4 Å². The monoisotopic (exact) mass is 378 g/mol. The van der Waals surface area contributed by atoms with Gasteiger partial charge in [0.1, 0.15) is 16.6 Å². The van der Waals surface area contributed by atoms with E-state index in [9.17, 15) is 0 Å². The summed E-state index contributed by atoms with van der Waals surface area (Å²) >= 11 is 1.73. The van der Waals surface area contributed by atoms with Crippen LogP contribution in [0.25, 0.3) is 11.3 Å². The maximum absolute atomic E-state index is 5.23. The molecule has 0 spiro atoms. The Bertz CT molecular complexity index is 949. The van der Waals surface area contributed by atoms with Crippen LogP contribution in [0.2, 0.25) is 0 Å². The molecule has 5 rings (SSSR count). The van der Waals surface area contributed by atoms with Gasteiger partial charge in [0.15, 0.2) is 0 Å². The molecule has 1 aliphatic carbocycles. The predicted octanol–water partition coefficient (Wildman–Crippen LogP) is 4.04. The molecule has 0 saturated heterocycles. The average Bonchev–Trinajstić information content (AvgIpc) is 3.47. The summed E-state index contributed by atoms with van der Waals surface area (Å²) in [6, 6.07) is 8.07. The summed E-state index contributed by atoms with van der Waals surface area (Å²) in [5.74, 6) is 2.56. The molecular weight excluding hydrogens is 356 g/mol. The molecule has 0 radical (unpaired) electrons. The van der Waals surface area contributed by atoms with Crippen LogP contribution in [0.1, 0.15) is 40.8 Å². The molecule has 138 valence electrons. The fourth-order valence-corrected chi connectivity index (χ4v) is 4.38. The van der Waals surface area contributed by atoms with Crippen LogP contribution in [0.5, 0.6) is 5.75 Å². The Morgan fingerprint density at radius 3 is 2.81 bits per heavy atom. The number of ether oxygens (including phenoxy) is 1. The number of hydrogen-bond donors (Lipinski definition) is 0. The number of aromatic nitrogens is 3. The largest absolute Gasteiger partial charge is 0.497 e. The highest BCUT2D eigenvalue weighted by molar-refractivity contribution is 7.09. The number of hydrogen-bond acceptors (Lipinski definition) is 6. The van der Waals surface area contributed by atoms with Gasteiger partial charge in [0, 0.05) is 53.8 Å². The molecule has 1 saturated carbocycles. The van der Waals surface area contributed by atoms with Gasteiger partial charge < -0.3 is 4.74 Å². The summed E-state index contributed by atoms with van der Waals surface area (Å²) in [4.78, 5) is 16.7. The zero-order chi connectivity index (χ0) is 18.2. The Labute approximate surface area is 163 Å². The zero-order valence-electron chi connectivity index (χ0n) is 15.4. The van der Waals surface area contributed by atoms with Crippen molar-refractivity contribution in [2.75, 3.05) is 13.7 Å². The minimum atomic E-state index is 0.625. The van der Waals surface area contributed by atoms with Crippen molar-refractivity contribution in [2.24, 2.45) is 0 Å². The zero-order valence-corrected chi connectivity index (χ0v) is 16.2. The Morgan fingerprint density at radius 2 is 2.04 bits per heavy atom. The molecule has 0 N–H and O–H groups in total. The average molecular weight is 379 g/mol. The van der Waals surface area contributed by atoms with Crippen LogP contribution >= 0.6 is 11.3 Å². The number of thiazole rings is 1. The normalized spacial score (nSPS) is 16.9. The number of methoxy groups -OCH3 is 1. The standard InChI is InChI=1S/C21H22N4OS/c1-26-17-6-4-14(5-7-17)19-13-27-20(23-19)12-25-9-8-18-16(11-25)10-22-21(24-18)15-2-3-15/h4-7,10,13,15H,2-3,8-9,11-12H2,1H3. The Balaban J connectivity index is 1.26. The van der Waals surface area contributed by atoms with Crippen molar-refractivity contribution < 1.29 is 4.74 Å². The second kappa shape index (κ2) is 7.02. The maximum atomic E-state index is 5.23. The molecule has 3 aromatic rings. The summed E-state index contributed by atoms with van der Waals surface area (Å²) in [5, 5.41) is 3.29. The third-order valence-corrected chi connectivity index (χ3v) is 6.10. The first-order valence-electron chi connectivity index (χ1n) is 9.44. The highest BCUT2D eigenvalue weighted by Gasteiger charge is 2.28. The van der Waals surface area contributed by atoms with Gasteiger partial charge in [-0.15, -0.1) is 11.3 Å². The topological polar surface area (TPSA) is 51.1 Å². The highest BCUT2D eigenvalue weighted by Crippen LogP contribution is 2.38. The molecule has 0 atom stereocenters. The summed E-state index contributed by atoms with van der Waals surface area (Å²) in [6.07, 6.45) is 5.57. The van der Waals surface area contributed by atoms with E-state index in [1.807, 2.05) is 18.3 Å². The summed E-state index contributed by atoms with van der Waals surface area (Å²) in [7, 11) is 1.69. The first kappa shape index (κ1) is 16.8.